The predicted octanol–water partition coefficient (Wildman–Crippen LogP) is 4.51. The molecule has 3 rings (SSSR count). The van der Waals surface area contributed by atoms with Crippen LogP contribution in [0.3, 0.4) is 0 Å². The van der Waals surface area contributed by atoms with Crippen LogP contribution in [0.15, 0.2) is 48.7 Å². The van der Waals surface area contributed by atoms with Crippen LogP contribution < -0.4 is 0 Å². The summed E-state index contributed by atoms with van der Waals surface area (Å²) in [5, 5.41) is 1.39. The Labute approximate surface area is 142 Å². The van der Waals surface area contributed by atoms with Gasteiger partial charge in [0.2, 0.25) is 5.78 Å². The van der Waals surface area contributed by atoms with Crippen molar-refractivity contribution in [1.82, 2.24) is 4.98 Å². The van der Waals surface area contributed by atoms with Crippen LogP contribution in [0.25, 0.3) is 10.9 Å². The minimum Gasteiger partial charge on any atom is -0.454 e. The van der Waals surface area contributed by atoms with Gasteiger partial charge in [-0.1, -0.05) is 41.4 Å². The summed E-state index contributed by atoms with van der Waals surface area (Å²) in [7, 11) is 0. The maximum atomic E-state index is 12.2. The highest BCUT2D eigenvalue weighted by Crippen LogP contribution is 2.23. The van der Waals surface area contributed by atoms with Crippen LogP contribution in [0.2, 0.25) is 10.0 Å². The molecule has 0 bridgehead atoms. The van der Waals surface area contributed by atoms with Crippen molar-refractivity contribution in [3.05, 3.63) is 69.8 Å². The Bertz CT molecular complexity index is 902. The second-order valence-corrected chi connectivity index (χ2v) is 5.69. The fourth-order valence-electron chi connectivity index (χ4n) is 2.22. The molecule has 0 aliphatic rings. The highest BCUT2D eigenvalue weighted by molar-refractivity contribution is 6.42. The van der Waals surface area contributed by atoms with Gasteiger partial charge in [-0.3, -0.25) is 4.79 Å². The number of ketones is 1. The van der Waals surface area contributed by atoms with E-state index in [9.17, 15) is 9.59 Å². The van der Waals surface area contributed by atoms with Crippen LogP contribution in [0, 0.1) is 0 Å². The van der Waals surface area contributed by atoms with E-state index in [4.69, 9.17) is 27.9 Å². The second-order valence-electron chi connectivity index (χ2n) is 4.88. The number of aromatic amines is 1. The normalized spacial score (nSPS) is 10.7. The number of rotatable bonds is 4. The van der Waals surface area contributed by atoms with E-state index >= 15 is 0 Å². The molecule has 1 aromatic heterocycles. The average Bonchev–Trinajstić information content (AvgIpc) is 2.99. The molecule has 0 saturated carbocycles. The quantitative estimate of drug-likeness (QED) is 0.557. The molecule has 6 heteroatoms. The lowest BCUT2D eigenvalue weighted by molar-refractivity contribution is 0.0475. The molecule has 1 heterocycles. The summed E-state index contributed by atoms with van der Waals surface area (Å²) in [6, 6.07) is 11.8. The molecule has 116 valence electrons. The fourth-order valence-corrected chi connectivity index (χ4v) is 2.52. The summed E-state index contributed by atoms with van der Waals surface area (Å²) >= 11 is 11.7. The third-order valence-electron chi connectivity index (χ3n) is 3.38. The van der Waals surface area contributed by atoms with Crippen molar-refractivity contribution >= 4 is 45.9 Å². The van der Waals surface area contributed by atoms with E-state index in [0.29, 0.717) is 10.6 Å². The molecule has 0 atom stereocenters. The third-order valence-corrected chi connectivity index (χ3v) is 4.12. The monoisotopic (exact) mass is 347 g/mol. The zero-order valence-corrected chi connectivity index (χ0v) is 13.3. The van der Waals surface area contributed by atoms with Gasteiger partial charge in [0.1, 0.15) is 0 Å². The first kappa shape index (κ1) is 15.6. The first-order valence-corrected chi connectivity index (χ1v) is 7.53. The number of H-pyrrole nitrogens is 1. The van der Waals surface area contributed by atoms with Gasteiger partial charge in [-0.2, -0.15) is 0 Å². The summed E-state index contributed by atoms with van der Waals surface area (Å²) in [6.07, 6.45) is 1.61. The highest BCUT2D eigenvalue weighted by atomic mass is 35.5. The van der Waals surface area contributed by atoms with Crippen molar-refractivity contribution in [1.29, 1.82) is 0 Å². The summed E-state index contributed by atoms with van der Waals surface area (Å²) in [5.41, 5.74) is 1.58. The summed E-state index contributed by atoms with van der Waals surface area (Å²) < 4.78 is 5.05. The molecule has 2 aromatic carbocycles. The van der Waals surface area contributed by atoms with Crippen molar-refractivity contribution in [3.63, 3.8) is 0 Å². The molecule has 0 saturated heterocycles. The molecule has 0 amide bonds. The highest BCUT2D eigenvalue weighted by Gasteiger charge is 2.15. The molecule has 23 heavy (non-hydrogen) atoms. The number of carbonyl (C=O) groups is 2. The molecule has 0 spiro atoms. The summed E-state index contributed by atoms with van der Waals surface area (Å²) in [4.78, 5) is 27.2. The minimum absolute atomic E-state index is 0.242. The predicted molar refractivity (Wildman–Crippen MR) is 89.4 cm³/mol. The van der Waals surface area contributed by atoms with Crippen LogP contribution in [0.1, 0.15) is 20.7 Å². The maximum absolute atomic E-state index is 12.2. The number of Topliss-reactive ketones (excluding diaryl/α,β-unsaturated/α-hetero) is 1. The maximum Gasteiger partial charge on any atom is 0.338 e. The summed E-state index contributed by atoms with van der Waals surface area (Å²) in [5.74, 6) is -0.910. The number of aromatic nitrogens is 1. The smallest absolute Gasteiger partial charge is 0.338 e. The number of esters is 1. The molecule has 3 aromatic rings. The molecule has 4 nitrogen and oxygen atoms in total. The van der Waals surface area contributed by atoms with Crippen molar-refractivity contribution in [2.24, 2.45) is 0 Å². The standard InChI is InChI=1S/C17H11Cl2NO3/c18-13-6-5-10(7-14(13)19)17(22)23-9-16(21)12-8-20-15-4-2-1-3-11(12)15/h1-8,20H,9H2. The molecule has 0 fully saturated rings. The lowest BCUT2D eigenvalue weighted by Crippen LogP contribution is -2.14. The van der Waals surface area contributed by atoms with Crippen LogP contribution in [-0.4, -0.2) is 23.3 Å². The molecule has 0 radical (unpaired) electrons. The number of hydrogen-bond donors (Lipinski definition) is 1. The van der Waals surface area contributed by atoms with Crippen molar-refractivity contribution in [3.8, 4) is 0 Å². The Kier molecular flexibility index (Phi) is 4.37. The Hall–Kier alpha value is -2.30. The third kappa shape index (κ3) is 3.23. The number of halogens is 2. The van der Waals surface area contributed by atoms with Gasteiger partial charge < -0.3 is 9.72 Å². The van der Waals surface area contributed by atoms with Gasteiger partial charge >= 0.3 is 5.97 Å². The second kappa shape index (κ2) is 6.44. The number of fused-ring (bicyclic) bond motifs is 1. The molecule has 0 aliphatic carbocycles. The zero-order valence-electron chi connectivity index (χ0n) is 11.8. The fraction of sp³-hybridized carbons (Fsp3) is 0.0588. The van der Waals surface area contributed by atoms with Gasteiger partial charge in [0, 0.05) is 22.7 Å². The average molecular weight is 348 g/mol. The van der Waals surface area contributed by atoms with E-state index in [1.807, 2.05) is 24.3 Å². The van der Waals surface area contributed by atoms with Gasteiger partial charge in [0.15, 0.2) is 6.61 Å². The van der Waals surface area contributed by atoms with Crippen LogP contribution in [-0.2, 0) is 4.74 Å². The van der Waals surface area contributed by atoms with Gasteiger partial charge in [-0.25, -0.2) is 4.79 Å². The van der Waals surface area contributed by atoms with Gasteiger partial charge in [-0.15, -0.1) is 0 Å². The van der Waals surface area contributed by atoms with Crippen molar-refractivity contribution in [2.75, 3.05) is 6.61 Å². The van der Waals surface area contributed by atoms with Gasteiger partial charge in [0.05, 0.1) is 15.6 Å². The van der Waals surface area contributed by atoms with Gasteiger partial charge in [0.25, 0.3) is 0 Å². The van der Waals surface area contributed by atoms with E-state index in [-0.39, 0.29) is 23.0 Å². The van der Waals surface area contributed by atoms with E-state index in [2.05, 4.69) is 4.98 Å². The number of nitrogens with one attached hydrogen (secondary N) is 1. The van der Waals surface area contributed by atoms with E-state index in [1.54, 1.807) is 6.20 Å². The molecule has 0 unspecified atom stereocenters. The number of para-hydroxylation sites is 1. The first-order chi connectivity index (χ1) is 11.1. The van der Waals surface area contributed by atoms with Crippen molar-refractivity contribution in [2.45, 2.75) is 0 Å². The lowest BCUT2D eigenvalue weighted by Gasteiger charge is -2.05. The van der Waals surface area contributed by atoms with Crippen LogP contribution in [0.4, 0.5) is 0 Å². The minimum atomic E-state index is -0.628. The van der Waals surface area contributed by atoms with E-state index < -0.39 is 5.97 Å². The SMILES string of the molecule is O=C(OCC(=O)c1c[nH]c2ccccc12)c1ccc(Cl)c(Cl)c1. The zero-order chi connectivity index (χ0) is 16.4. The lowest BCUT2D eigenvalue weighted by atomic mass is 10.1. The van der Waals surface area contributed by atoms with Crippen LogP contribution >= 0.6 is 23.2 Å². The first-order valence-electron chi connectivity index (χ1n) is 6.78. The topological polar surface area (TPSA) is 59.2 Å². The Balaban J connectivity index is 1.71. The Morgan fingerprint density at radius 1 is 1.04 bits per heavy atom. The largest absolute Gasteiger partial charge is 0.454 e. The van der Waals surface area contributed by atoms with Crippen molar-refractivity contribution < 1.29 is 14.3 Å². The Morgan fingerprint density at radius 2 is 1.83 bits per heavy atom. The molecule has 1 N–H and O–H groups in total. The Morgan fingerprint density at radius 3 is 2.61 bits per heavy atom. The molecular weight excluding hydrogens is 337 g/mol. The van der Waals surface area contributed by atoms with Gasteiger partial charge in [-0.05, 0) is 24.3 Å². The van der Waals surface area contributed by atoms with E-state index in [1.165, 1.54) is 18.2 Å². The molecular formula is C17H11Cl2NO3. The van der Waals surface area contributed by atoms with E-state index in [0.717, 1.165) is 10.9 Å². The number of carbonyl (C=O) groups excluding carboxylic acids is 2. The number of benzene rings is 2. The number of ether oxygens (including phenoxy) is 1. The molecule has 0 aliphatic heterocycles. The number of hydrogen-bond acceptors (Lipinski definition) is 3. The van der Waals surface area contributed by atoms with Crippen LogP contribution in [0.5, 0.6) is 0 Å². The summed E-state index contributed by atoms with van der Waals surface area (Å²) in [6.45, 7) is -0.346.